The van der Waals surface area contributed by atoms with Gasteiger partial charge in [0.1, 0.15) is 17.5 Å². The minimum Gasteiger partial charge on any atom is -0.487 e. The molecule has 8 nitrogen and oxygen atoms in total. The van der Waals surface area contributed by atoms with Crippen molar-refractivity contribution < 1.29 is 23.9 Å². The molecule has 1 N–H and O–H groups in total. The van der Waals surface area contributed by atoms with Gasteiger partial charge in [0.15, 0.2) is 0 Å². The lowest BCUT2D eigenvalue weighted by molar-refractivity contribution is -0.114. The van der Waals surface area contributed by atoms with Gasteiger partial charge in [-0.25, -0.2) is 4.79 Å². The zero-order chi connectivity index (χ0) is 21.9. The highest BCUT2D eigenvalue weighted by atomic mass is 16.6. The zero-order valence-electron chi connectivity index (χ0n) is 18.2. The fraction of sp³-hybridized carbons (Fsp3) is 0.571. The van der Waals surface area contributed by atoms with Crippen LogP contribution in [0.3, 0.4) is 0 Å². The average molecular weight is 405 g/mol. The molecular weight excluding hydrogens is 374 g/mol. The monoisotopic (exact) mass is 405 g/mol. The number of benzene rings is 1. The summed E-state index contributed by atoms with van der Waals surface area (Å²) in [4.78, 5) is 39.6. The molecular formula is C21H31N3O5. The maximum absolute atomic E-state index is 12.8. The Morgan fingerprint density at radius 3 is 2.59 bits per heavy atom. The number of hydrogen-bond acceptors (Lipinski definition) is 5. The van der Waals surface area contributed by atoms with Gasteiger partial charge >= 0.3 is 6.09 Å². The van der Waals surface area contributed by atoms with Crippen LogP contribution in [0.25, 0.3) is 0 Å². The Labute approximate surface area is 172 Å². The van der Waals surface area contributed by atoms with E-state index in [4.69, 9.17) is 9.47 Å². The molecule has 3 amide bonds. The Bertz CT molecular complexity index is 787. The van der Waals surface area contributed by atoms with Crippen molar-refractivity contribution in [2.75, 3.05) is 32.5 Å². The number of nitrogens with one attached hydrogen (secondary N) is 1. The van der Waals surface area contributed by atoms with Crippen molar-refractivity contribution in [2.24, 2.45) is 5.92 Å². The molecule has 2 rings (SSSR count). The highest BCUT2D eigenvalue weighted by Gasteiger charge is 2.31. The lowest BCUT2D eigenvalue weighted by Gasteiger charge is -2.35. The molecule has 1 heterocycles. The Balaban J connectivity index is 2.27. The van der Waals surface area contributed by atoms with Gasteiger partial charge in [-0.15, -0.1) is 0 Å². The number of ether oxygens (including phenoxy) is 2. The SMILES string of the molecule is CC(=O)Nc1ccc2c(c1)C(=O)N(C)C[C@H](C)[C@@H](CN(C)C(=O)OC(C)(C)C)O2. The summed E-state index contributed by atoms with van der Waals surface area (Å²) in [5.41, 5.74) is 0.311. The molecule has 0 bridgehead atoms. The highest BCUT2D eigenvalue weighted by Crippen LogP contribution is 2.29. The van der Waals surface area contributed by atoms with Gasteiger partial charge in [-0.2, -0.15) is 0 Å². The molecule has 0 aromatic heterocycles. The molecule has 0 spiro atoms. The molecule has 1 aliphatic heterocycles. The van der Waals surface area contributed by atoms with Crippen LogP contribution in [0.15, 0.2) is 18.2 Å². The standard InChI is InChI=1S/C21H31N3O5/c1-13-11-23(6)19(26)16-10-15(22-14(2)25)8-9-17(16)28-18(13)12-24(7)20(27)29-21(3,4)5/h8-10,13,18H,11-12H2,1-7H3,(H,22,25)/t13-,18+/m0/s1. The number of anilines is 1. The summed E-state index contributed by atoms with van der Waals surface area (Å²) < 4.78 is 11.6. The molecule has 0 unspecified atom stereocenters. The van der Waals surface area contributed by atoms with Crippen LogP contribution >= 0.6 is 0 Å². The third kappa shape index (κ3) is 6.10. The van der Waals surface area contributed by atoms with E-state index in [0.717, 1.165) is 0 Å². The van der Waals surface area contributed by atoms with E-state index < -0.39 is 11.7 Å². The summed E-state index contributed by atoms with van der Waals surface area (Å²) >= 11 is 0. The first-order valence-electron chi connectivity index (χ1n) is 9.65. The second-order valence-corrected chi connectivity index (χ2v) is 8.57. The van der Waals surface area contributed by atoms with Crippen molar-refractivity contribution in [1.29, 1.82) is 0 Å². The lowest BCUT2D eigenvalue weighted by atomic mass is 10.0. The third-order valence-electron chi connectivity index (χ3n) is 4.51. The largest absolute Gasteiger partial charge is 0.487 e. The molecule has 29 heavy (non-hydrogen) atoms. The summed E-state index contributed by atoms with van der Waals surface area (Å²) in [5.74, 6) is 0.00287. The summed E-state index contributed by atoms with van der Waals surface area (Å²) in [6, 6.07) is 4.97. The van der Waals surface area contributed by atoms with Crippen molar-refractivity contribution in [3.05, 3.63) is 23.8 Å². The van der Waals surface area contributed by atoms with Crippen molar-refractivity contribution in [2.45, 2.75) is 46.3 Å². The van der Waals surface area contributed by atoms with Crippen molar-refractivity contribution in [1.82, 2.24) is 9.80 Å². The fourth-order valence-corrected chi connectivity index (χ4v) is 3.10. The Hall–Kier alpha value is -2.77. The number of carbonyl (C=O) groups excluding carboxylic acids is 3. The van der Waals surface area contributed by atoms with Gasteiger partial charge in [0.05, 0.1) is 12.1 Å². The number of fused-ring (bicyclic) bond motifs is 1. The number of likely N-dealkylation sites (N-methyl/N-ethyl adjacent to an activating group) is 1. The number of hydrogen-bond donors (Lipinski definition) is 1. The van der Waals surface area contributed by atoms with Crippen LogP contribution in [0.1, 0.15) is 45.0 Å². The van der Waals surface area contributed by atoms with Crippen molar-refractivity contribution in [3.63, 3.8) is 0 Å². The van der Waals surface area contributed by atoms with E-state index in [9.17, 15) is 14.4 Å². The van der Waals surface area contributed by atoms with E-state index in [2.05, 4.69) is 5.32 Å². The molecule has 1 aliphatic rings. The molecule has 0 radical (unpaired) electrons. The Morgan fingerprint density at radius 1 is 1.34 bits per heavy atom. The van der Waals surface area contributed by atoms with Gasteiger partial charge < -0.3 is 24.6 Å². The third-order valence-corrected chi connectivity index (χ3v) is 4.51. The molecule has 0 aliphatic carbocycles. The van der Waals surface area contributed by atoms with Gasteiger partial charge in [-0.1, -0.05) is 6.92 Å². The van der Waals surface area contributed by atoms with Gasteiger partial charge in [0.25, 0.3) is 5.91 Å². The van der Waals surface area contributed by atoms with Gasteiger partial charge in [0, 0.05) is 39.2 Å². The zero-order valence-corrected chi connectivity index (χ0v) is 18.2. The molecule has 8 heteroatoms. The van der Waals surface area contributed by atoms with Crippen LogP contribution in [-0.2, 0) is 9.53 Å². The predicted molar refractivity (Wildman–Crippen MR) is 110 cm³/mol. The molecule has 0 saturated heterocycles. The minimum atomic E-state index is -0.585. The van der Waals surface area contributed by atoms with Crippen LogP contribution < -0.4 is 10.1 Å². The molecule has 1 aromatic rings. The van der Waals surface area contributed by atoms with Crippen molar-refractivity contribution >= 4 is 23.6 Å². The molecule has 160 valence electrons. The second kappa shape index (κ2) is 8.71. The second-order valence-electron chi connectivity index (χ2n) is 8.57. The van der Waals surface area contributed by atoms with Gasteiger partial charge in [-0.05, 0) is 39.0 Å². The maximum atomic E-state index is 12.8. The molecule has 0 saturated carbocycles. The van der Waals surface area contributed by atoms with Crippen LogP contribution in [0.5, 0.6) is 5.75 Å². The van der Waals surface area contributed by atoms with Crippen LogP contribution in [0.2, 0.25) is 0 Å². The predicted octanol–water partition coefficient (Wildman–Crippen LogP) is 2.98. The first kappa shape index (κ1) is 22.5. The van der Waals surface area contributed by atoms with Crippen molar-refractivity contribution in [3.8, 4) is 5.75 Å². The lowest BCUT2D eigenvalue weighted by Crippen LogP contribution is -2.47. The van der Waals surface area contributed by atoms with E-state index in [1.54, 1.807) is 37.2 Å². The Morgan fingerprint density at radius 2 is 2.00 bits per heavy atom. The smallest absolute Gasteiger partial charge is 0.410 e. The number of nitrogens with zero attached hydrogens (tertiary/aromatic N) is 2. The van der Waals surface area contributed by atoms with Gasteiger partial charge in [-0.3, -0.25) is 9.59 Å². The number of amides is 3. The minimum absolute atomic E-state index is 0.0167. The van der Waals surface area contributed by atoms with E-state index in [-0.39, 0.29) is 23.8 Å². The highest BCUT2D eigenvalue weighted by molar-refractivity contribution is 5.99. The van der Waals surface area contributed by atoms with E-state index >= 15 is 0 Å². The van der Waals surface area contributed by atoms with Crippen LogP contribution in [0.4, 0.5) is 10.5 Å². The number of rotatable bonds is 3. The maximum Gasteiger partial charge on any atom is 0.410 e. The first-order chi connectivity index (χ1) is 13.4. The fourth-order valence-electron chi connectivity index (χ4n) is 3.10. The quantitative estimate of drug-likeness (QED) is 0.835. The van der Waals surface area contributed by atoms with E-state index in [1.807, 2.05) is 27.7 Å². The van der Waals surface area contributed by atoms with E-state index in [1.165, 1.54) is 11.8 Å². The number of carbonyl (C=O) groups is 3. The average Bonchev–Trinajstić information content (AvgIpc) is 2.58. The normalized spacial score (nSPS) is 19.4. The molecule has 0 fully saturated rings. The summed E-state index contributed by atoms with van der Waals surface area (Å²) in [6.45, 7) is 9.62. The van der Waals surface area contributed by atoms with Crippen LogP contribution in [0, 0.1) is 5.92 Å². The molecule has 1 aromatic carbocycles. The van der Waals surface area contributed by atoms with Gasteiger partial charge in [0.2, 0.25) is 5.91 Å². The summed E-state index contributed by atoms with van der Waals surface area (Å²) in [6.07, 6.45) is -0.769. The topological polar surface area (TPSA) is 88.2 Å². The van der Waals surface area contributed by atoms with E-state index in [0.29, 0.717) is 30.1 Å². The first-order valence-corrected chi connectivity index (χ1v) is 9.65. The molecule has 2 atom stereocenters. The van der Waals surface area contributed by atoms with Crippen LogP contribution in [-0.4, -0.2) is 66.6 Å². The Kier molecular flexibility index (Phi) is 6.77. The summed E-state index contributed by atoms with van der Waals surface area (Å²) in [5, 5.41) is 2.68. The summed E-state index contributed by atoms with van der Waals surface area (Å²) in [7, 11) is 3.40.